The van der Waals surface area contributed by atoms with E-state index < -0.39 is 0 Å². The van der Waals surface area contributed by atoms with E-state index >= 15 is 0 Å². The molecule has 3 N–H and O–H groups in total. The van der Waals surface area contributed by atoms with Gasteiger partial charge in [0.25, 0.3) is 5.91 Å². The number of aromatic hydroxyl groups is 1. The molecule has 16 heavy (non-hydrogen) atoms. The SMILES string of the molecule is Cc1cccc(C(=O)NC2CC(O)C2)c1O. The van der Waals surface area contributed by atoms with Gasteiger partial charge in [-0.15, -0.1) is 0 Å². The highest BCUT2D eigenvalue weighted by atomic mass is 16.3. The monoisotopic (exact) mass is 221 g/mol. The molecule has 0 heterocycles. The van der Waals surface area contributed by atoms with Gasteiger partial charge in [-0.3, -0.25) is 4.79 Å². The van der Waals surface area contributed by atoms with E-state index in [9.17, 15) is 9.90 Å². The summed E-state index contributed by atoms with van der Waals surface area (Å²) < 4.78 is 0. The van der Waals surface area contributed by atoms with Crippen LogP contribution >= 0.6 is 0 Å². The van der Waals surface area contributed by atoms with Gasteiger partial charge in [-0.1, -0.05) is 12.1 Å². The van der Waals surface area contributed by atoms with Crippen LogP contribution in [0.3, 0.4) is 0 Å². The first kappa shape index (κ1) is 11.0. The van der Waals surface area contributed by atoms with Crippen LogP contribution in [0.25, 0.3) is 0 Å². The summed E-state index contributed by atoms with van der Waals surface area (Å²) in [6.45, 7) is 1.75. The number of aliphatic hydroxyl groups is 1. The fourth-order valence-electron chi connectivity index (χ4n) is 1.81. The standard InChI is InChI=1S/C12H15NO3/c1-7-3-2-4-10(11(7)15)12(16)13-8-5-9(14)6-8/h2-4,8-9,14-15H,5-6H2,1H3,(H,13,16). The van der Waals surface area contributed by atoms with E-state index in [1.54, 1.807) is 25.1 Å². The lowest BCUT2D eigenvalue weighted by atomic mass is 9.89. The Kier molecular flexibility index (Phi) is 2.83. The summed E-state index contributed by atoms with van der Waals surface area (Å²) in [5.74, 6) is -0.252. The number of amides is 1. The molecule has 1 saturated carbocycles. The molecule has 1 aliphatic rings. The number of hydrogen-bond acceptors (Lipinski definition) is 3. The van der Waals surface area contributed by atoms with Gasteiger partial charge >= 0.3 is 0 Å². The van der Waals surface area contributed by atoms with Crippen molar-refractivity contribution in [3.63, 3.8) is 0 Å². The number of phenolic OH excluding ortho intramolecular Hbond substituents is 1. The maximum absolute atomic E-state index is 11.8. The molecule has 0 spiro atoms. The van der Waals surface area contributed by atoms with Crippen LogP contribution in [-0.2, 0) is 0 Å². The highest BCUT2D eigenvalue weighted by Crippen LogP contribution is 2.23. The van der Waals surface area contributed by atoms with Crippen molar-refractivity contribution in [2.45, 2.75) is 31.9 Å². The Hall–Kier alpha value is -1.55. The molecule has 0 atom stereocenters. The van der Waals surface area contributed by atoms with Crippen molar-refractivity contribution in [1.82, 2.24) is 5.32 Å². The number of benzene rings is 1. The average molecular weight is 221 g/mol. The molecular formula is C12H15NO3. The molecule has 1 aromatic rings. The van der Waals surface area contributed by atoms with E-state index in [1.165, 1.54) is 0 Å². The molecule has 0 unspecified atom stereocenters. The maximum Gasteiger partial charge on any atom is 0.255 e. The minimum absolute atomic E-state index is 0.0277. The second-order valence-electron chi connectivity index (χ2n) is 4.27. The van der Waals surface area contributed by atoms with Crippen molar-refractivity contribution in [2.75, 3.05) is 0 Å². The van der Waals surface area contributed by atoms with Crippen molar-refractivity contribution >= 4 is 5.91 Å². The number of aryl methyl sites for hydroxylation is 1. The van der Waals surface area contributed by atoms with Crippen LogP contribution in [0.2, 0.25) is 0 Å². The molecule has 1 aliphatic carbocycles. The van der Waals surface area contributed by atoms with Crippen LogP contribution in [-0.4, -0.2) is 28.3 Å². The lowest BCUT2D eigenvalue weighted by molar-refractivity contribution is 0.0562. The van der Waals surface area contributed by atoms with Crippen LogP contribution in [0.5, 0.6) is 5.75 Å². The molecule has 4 heteroatoms. The van der Waals surface area contributed by atoms with Crippen molar-refractivity contribution in [3.8, 4) is 5.75 Å². The Balaban J connectivity index is 2.06. The van der Waals surface area contributed by atoms with E-state index in [0.717, 1.165) is 0 Å². The Morgan fingerprint density at radius 3 is 2.75 bits per heavy atom. The van der Waals surface area contributed by atoms with Crippen molar-refractivity contribution in [1.29, 1.82) is 0 Å². The topological polar surface area (TPSA) is 69.6 Å². The molecule has 0 radical (unpaired) electrons. The summed E-state index contributed by atoms with van der Waals surface area (Å²) in [5, 5.41) is 21.6. The normalized spacial score (nSPS) is 23.6. The van der Waals surface area contributed by atoms with E-state index in [-0.39, 0.29) is 23.8 Å². The Morgan fingerprint density at radius 1 is 1.44 bits per heavy atom. The van der Waals surface area contributed by atoms with E-state index in [2.05, 4.69) is 5.32 Å². The third-order valence-corrected chi connectivity index (χ3v) is 2.93. The zero-order valence-electron chi connectivity index (χ0n) is 9.10. The van der Waals surface area contributed by atoms with Gasteiger partial charge in [0.1, 0.15) is 5.75 Å². The van der Waals surface area contributed by atoms with Gasteiger partial charge in [-0.05, 0) is 31.4 Å². The summed E-state index contributed by atoms with van der Waals surface area (Å²) >= 11 is 0. The number of para-hydroxylation sites is 1. The molecule has 1 amide bonds. The predicted molar refractivity (Wildman–Crippen MR) is 59.3 cm³/mol. The average Bonchev–Trinajstić information content (AvgIpc) is 2.19. The highest BCUT2D eigenvalue weighted by molar-refractivity contribution is 5.97. The molecule has 0 bridgehead atoms. The van der Waals surface area contributed by atoms with Crippen molar-refractivity contribution in [3.05, 3.63) is 29.3 Å². The fourth-order valence-corrected chi connectivity index (χ4v) is 1.81. The van der Waals surface area contributed by atoms with Gasteiger partial charge in [0.15, 0.2) is 0 Å². The zero-order valence-corrected chi connectivity index (χ0v) is 9.10. The minimum Gasteiger partial charge on any atom is -0.507 e. The summed E-state index contributed by atoms with van der Waals surface area (Å²) in [6.07, 6.45) is 0.896. The van der Waals surface area contributed by atoms with Gasteiger partial charge in [0.2, 0.25) is 0 Å². The molecule has 86 valence electrons. The third kappa shape index (κ3) is 2.02. The largest absolute Gasteiger partial charge is 0.507 e. The van der Waals surface area contributed by atoms with E-state index in [0.29, 0.717) is 24.0 Å². The van der Waals surface area contributed by atoms with Crippen LogP contribution in [0.4, 0.5) is 0 Å². The number of hydrogen-bond donors (Lipinski definition) is 3. The maximum atomic E-state index is 11.8. The van der Waals surface area contributed by atoms with Gasteiger partial charge < -0.3 is 15.5 Å². The second-order valence-corrected chi connectivity index (χ2v) is 4.27. The Bertz CT molecular complexity index is 411. The molecule has 2 rings (SSSR count). The van der Waals surface area contributed by atoms with Crippen molar-refractivity contribution < 1.29 is 15.0 Å². The van der Waals surface area contributed by atoms with E-state index in [1.807, 2.05) is 0 Å². The number of carbonyl (C=O) groups is 1. The van der Waals surface area contributed by atoms with Crippen LogP contribution in [0.15, 0.2) is 18.2 Å². The first-order valence-corrected chi connectivity index (χ1v) is 5.35. The first-order chi connectivity index (χ1) is 7.58. The number of phenols is 1. The highest BCUT2D eigenvalue weighted by Gasteiger charge is 2.29. The minimum atomic E-state index is -0.295. The lowest BCUT2D eigenvalue weighted by Gasteiger charge is -2.32. The van der Waals surface area contributed by atoms with Crippen LogP contribution in [0.1, 0.15) is 28.8 Å². The number of aliphatic hydroxyl groups excluding tert-OH is 1. The summed E-state index contributed by atoms with van der Waals surface area (Å²) in [5.41, 5.74) is 0.975. The smallest absolute Gasteiger partial charge is 0.255 e. The predicted octanol–water partition coefficient (Wildman–Crippen LogP) is 0.954. The van der Waals surface area contributed by atoms with Crippen molar-refractivity contribution in [2.24, 2.45) is 0 Å². The van der Waals surface area contributed by atoms with Gasteiger partial charge in [0.05, 0.1) is 11.7 Å². The van der Waals surface area contributed by atoms with Gasteiger partial charge in [0, 0.05) is 6.04 Å². The summed E-state index contributed by atoms with van der Waals surface area (Å²) in [7, 11) is 0. The van der Waals surface area contributed by atoms with E-state index in [4.69, 9.17) is 5.11 Å². The molecule has 0 aliphatic heterocycles. The molecule has 0 aromatic heterocycles. The number of rotatable bonds is 2. The zero-order chi connectivity index (χ0) is 11.7. The number of carbonyl (C=O) groups excluding carboxylic acids is 1. The molecule has 0 saturated heterocycles. The lowest BCUT2D eigenvalue weighted by Crippen LogP contribution is -2.46. The first-order valence-electron chi connectivity index (χ1n) is 5.35. The molecule has 1 fully saturated rings. The fraction of sp³-hybridized carbons (Fsp3) is 0.417. The summed E-state index contributed by atoms with van der Waals surface area (Å²) in [4.78, 5) is 11.8. The Labute approximate surface area is 93.9 Å². The molecular weight excluding hydrogens is 206 g/mol. The molecule has 4 nitrogen and oxygen atoms in total. The van der Waals surface area contributed by atoms with Gasteiger partial charge in [-0.25, -0.2) is 0 Å². The molecule has 1 aromatic carbocycles. The number of nitrogens with one attached hydrogen (secondary N) is 1. The van der Waals surface area contributed by atoms with Crippen LogP contribution in [0, 0.1) is 6.92 Å². The summed E-state index contributed by atoms with van der Waals surface area (Å²) in [6, 6.07) is 5.10. The second kappa shape index (κ2) is 4.14. The quantitative estimate of drug-likeness (QED) is 0.696. The Morgan fingerprint density at radius 2 is 2.12 bits per heavy atom. The third-order valence-electron chi connectivity index (χ3n) is 2.93. The van der Waals surface area contributed by atoms with Crippen LogP contribution < -0.4 is 5.32 Å². The van der Waals surface area contributed by atoms with Gasteiger partial charge in [-0.2, -0.15) is 0 Å².